The molecule has 0 saturated carbocycles. The number of nitrogens with one attached hydrogen (secondary N) is 1. The fourth-order valence-corrected chi connectivity index (χ4v) is 1.86. The van der Waals surface area contributed by atoms with E-state index in [9.17, 15) is 18.0 Å². The molecule has 0 fully saturated rings. The monoisotopic (exact) mass is 275 g/mol. The molecule has 7 nitrogen and oxygen atoms in total. The first-order valence-electron chi connectivity index (χ1n) is 5.46. The van der Waals surface area contributed by atoms with Crippen LogP contribution in [0.1, 0.15) is 0 Å². The first-order chi connectivity index (χ1) is 8.31. The van der Waals surface area contributed by atoms with Crippen LogP contribution in [-0.4, -0.2) is 42.7 Å². The van der Waals surface area contributed by atoms with E-state index < -0.39 is 21.0 Å². The predicted molar refractivity (Wildman–Crippen MR) is 68.5 cm³/mol. The average Bonchev–Trinajstić information content (AvgIpc) is 2.27. The molecule has 0 saturated heterocycles. The van der Waals surface area contributed by atoms with E-state index in [2.05, 4.69) is 5.32 Å². The minimum atomic E-state index is -2.97. The molecule has 1 rings (SSSR count). The zero-order chi connectivity index (χ0) is 13.8. The van der Waals surface area contributed by atoms with E-state index in [1.165, 1.54) is 34.8 Å². The van der Waals surface area contributed by atoms with Crippen LogP contribution >= 0.6 is 0 Å². The Balaban J connectivity index is 2.48. The largest absolute Gasteiger partial charge is 0.316 e. The minimum absolute atomic E-state index is 0.0540. The Hall–Kier alpha value is -1.41. The Morgan fingerprint density at radius 3 is 2.44 bits per heavy atom. The van der Waals surface area contributed by atoms with Gasteiger partial charge in [0.05, 0.1) is 5.75 Å². The van der Waals surface area contributed by atoms with Crippen molar-refractivity contribution in [1.29, 1.82) is 0 Å². The summed E-state index contributed by atoms with van der Waals surface area (Å²) in [6, 6.07) is 0. The molecule has 102 valence electrons. The lowest BCUT2D eigenvalue weighted by atomic mass is 10.5. The number of nitrogens with zero attached hydrogens (tertiary/aromatic N) is 2. The van der Waals surface area contributed by atoms with Crippen molar-refractivity contribution in [1.82, 2.24) is 14.5 Å². The van der Waals surface area contributed by atoms with Gasteiger partial charge in [0.2, 0.25) is 0 Å². The highest BCUT2D eigenvalue weighted by Gasteiger charge is 2.03. The van der Waals surface area contributed by atoms with E-state index in [0.717, 1.165) is 0 Å². The second-order valence-corrected chi connectivity index (χ2v) is 6.35. The normalized spacial score (nSPS) is 11.7. The highest BCUT2D eigenvalue weighted by atomic mass is 32.2. The molecule has 18 heavy (non-hydrogen) atoms. The van der Waals surface area contributed by atoms with Crippen molar-refractivity contribution in [3.8, 4) is 0 Å². The Bertz CT molecular complexity index is 615. The van der Waals surface area contributed by atoms with Crippen molar-refractivity contribution in [3.05, 3.63) is 33.1 Å². The van der Waals surface area contributed by atoms with Gasteiger partial charge in [-0.2, -0.15) is 0 Å². The summed E-state index contributed by atoms with van der Waals surface area (Å²) in [5.74, 6) is 0.0540. The topological polar surface area (TPSA) is 90.2 Å². The number of hydrogen-bond donors (Lipinski definition) is 1. The third-order valence-corrected chi connectivity index (χ3v) is 3.36. The summed E-state index contributed by atoms with van der Waals surface area (Å²) in [4.78, 5) is 22.9. The number of rotatable bonds is 6. The molecule has 1 heterocycles. The molecular weight excluding hydrogens is 258 g/mol. The van der Waals surface area contributed by atoms with Gasteiger partial charge in [0.25, 0.3) is 0 Å². The van der Waals surface area contributed by atoms with Gasteiger partial charge in [-0.1, -0.05) is 0 Å². The number of aromatic nitrogens is 2. The van der Waals surface area contributed by atoms with Gasteiger partial charge in [-0.3, -0.25) is 9.59 Å². The van der Waals surface area contributed by atoms with E-state index >= 15 is 0 Å². The molecule has 1 aromatic heterocycles. The van der Waals surface area contributed by atoms with Crippen molar-refractivity contribution < 1.29 is 8.42 Å². The van der Waals surface area contributed by atoms with E-state index in [-0.39, 0.29) is 5.75 Å². The van der Waals surface area contributed by atoms with Crippen molar-refractivity contribution in [2.45, 2.75) is 6.54 Å². The average molecular weight is 275 g/mol. The Kier molecular flexibility index (Phi) is 4.85. The molecule has 0 bridgehead atoms. The SMILES string of the molecule is Cn1ccn(CCNCCS(C)(=O)=O)c(=O)c1=O. The molecule has 1 aromatic rings. The van der Waals surface area contributed by atoms with Gasteiger partial charge in [-0.15, -0.1) is 0 Å². The van der Waals surface area contributed by atoms with Gasteiger partial charge >= 0.3 is 11.1 Å². The molecule has 0 atom stereocenters. The number of aryl methyl sites for hydroxylation is 1. The molecule has 0 aliphatic carbocycles. The molecule has 0 radical (unpaired) electrons. The van der Waals surface area contributed by atoms with Gasteiger partial charge in [0.1, 0.15) is 9.84 Å². The highest BCUT2D eigenvalue weighted by Crippen LogP contribution is 1.81. The summed E-state index contributed by atoms with van der Waals surface area (Å²) in [5, 5.41) is 2.90. The summed E-state index contributed by atoms with van der Waals surface area (Å²) in [6.45, 7) is 1.10. The van der Waals surface area contributed by atoms with Crippen LogP contribution in [0.4, 0.5) is 0 Å². The lowest BCUT2D eigenvalue weighted by Gasteiger charge is -2.07. The van der Waals surface area contributed by atoms with Crippen LogP contribution in [-0.2, 0) is 23.4 Å². The van der Waals surface area contributed by atoms with E-state index in [1.54, 1.807) is 0 Å². The lowest BCUT2D eigenvalue weighted by molar-refractivity contribution is 0.573. The predicted octanol–water partition coefficient (Wildman–Crippen LogP) is -1.82. The molecule has 0 unspecified atom stereocenters. The van der Waals surface area contributed by atoms with Gasteiger partial charge in [-0.05, 0) is 0 Å². The summed E-state index contributed by atoms with van der Waals surface area (Å²) in [7, 11) is -1.46. The third kappa shape index (κ3) is 4.46. The van der Waals surface area contributed by atoms with Crippen LogP contribution in [0.2, 0.25) is 0 Å². The molecule has 0 aromatic carbocycles. The van der Waals surface area contributed by atoms with Gasteiger partial charge < -0.3 is 14.5 Å². The maximum atomic E-state index is 11.5. The summed E-state index contributed by atoms with van der Waals surface area (Å²) >= 11 is 0. The second-order valence-electron chi connectivity index (χ2n) is 4.09. The van der Waals surface area contributed by atoms with Crippen LogP contribution in [0.15, 0.2) is 22.0 Å². The van der Waals surface area contributed by atoms with Crippen LogP contribution in [0.3, 0.4) is 0 Å². The number of hydrogen-bond acceptors (Lipinski definition) is 5. The zero-order valence-electron chi connectivity index (χ0n) is 10.4. The van der Waals surface area contributed by atoms with Crippen LogP contribution in [0, 0.1) is 0 Å². The third-order valence-electron chi connectivity index (χ3n) is 2.41. The van der Waals surface area contributed by atoms with Crippen molar-refractivity contribution in [2.24, 2.45) is 7.05 Å². The Morgan fingerprint density at radius 1 is 1.17 bits per heavy atom. The van der Waals surface area contributed by atoms with Crippen molar-refractivity contribution in [3.63, 3.8) is 0 Å². The lowest BCUT2D eigenvalue weighted by Crippen LogP contribution is -2.41. The molecular formula is C10H17N3O4S. The van der Waals surface area contributed by atoms with E-state index in [4.69, 9.17) is 0 Å². The Labute approximate surface area is 105 Å². The number of sulfone groups is 1. The standard InChI is InChI=1S/C10H17N3O4S/c1-12-6-7-13(10(15)9(12)14)5-3-11-4-8-18(2,16)17/h6-7,11H,3-5,8H2,1-2H3. The first kappa shape index (κ1) is 14.7. The molecule has 0 aliphatic heterocycles. The molecule has 1 N–H and O–H groups in total. The Morgan fingerprint density at radius 2 is 1.83 bits per heavy atom. The quantitative estimate of drug-likeness (QED) is 0.488. The van der Waals surface area contributed by atoms with Crippen LogP contribution < -0.4 is 16.4 Å². The fraction of sp³-hybridized carbons (Fsp3) is 0.600. The van der Waals surface area contributed by atoms with Gasteiger partial charge in [0.15, 0.2) is 0 Å². The fourth-order valence-electron chi connectivity index (χ4n) is 1.35. The molecule has 0 aliphatic rings. The van der Waals surface area contributed by atoms with Gasteiger partial charge in [-0.25, -0.2) is 8.42 Å². The smallest absolute Gasteiger partial charge is 0.314 e. The van der Waals surface area contributed by atoms with E-state index in [1.807, 2.05) is 0 Å². The summed E-state index contributed by atoms with van der Waals surface area (Å²) in [6.07, 6.45) is 4.21. The highest BCUT2D eigenvalue weighted by molar-refractivity contribution is 7.90. The van der Waals surface area contributed by atoms with E-state index in [0.29, 0.717) is 19.6 Å². The summed E-state index contributed by atoms with van der Waals surface area (Å²) in [5.41, 5.74) is -1.15. The van der Waals surface area contributed by atoms with Gasteiger partial charge in [0, 0.05) is 45.3 Å². The van der Waals surface area contributed by atoms with Crippen LogP contribution in [0.5, 0.6) is 0 Å². The molecule has 8 heteroatoms. The molecule has 0 spiro atoms. The zero-order valence-corrected chi connectivity index (χ0v) is 11.2. The molecule has 0 amide bonds. The summed E-state index contributed by atoms with van der Waals surface area (Å²) < 4.78 is 24.2. The van der Waals surface area contributed by atoms with Crippen molar-refractivity contribution in [2.75, 3.05) is 25.1 Å². The van der Waals surface area contributed by atoms with Crippen molar-refractivity contribution >= 4 is 9.84 Å². The second kappa shape index (κ2) is 5.96. The van der Waals surface area contributed by atoms with Crippen LogP contribution in [0.25, 0.3) is 0 Å². The maximum Gasteiger partial charge on any atom is 0.316 e. The minimum Gasteiger partial charge on any atom is -0.314 e. The maximum absolute atomic E-state index is 11.5. The first-order valence-corrected chi connectivity index (χ1v) is 7.52.